The Morgan fingerprint density at radius 2 is 2.29 bits per heavy atom. The van der Waals surface area contributed by atoms with Gasteiger partial charge in [-0.25, -0.2) is 4.98 Å². The van der Waals surface area contributed by atoms with Gasteiger partial charge in [-0.1, -0.05) is 19.4 Å². The monoisotopic (exact) mass is 233 g/mol. The Bertz CT molecular complexity index is 334. The number of hydrogen-bond donors (Lipinski definition) is 1. The lowest BCUT2D eigenvalue weighted by Gasteiger charge is -2.32. The van der Waals surface area contributed by atoms with E-state index < -0.39 is 0 Å². The maximum absolute atomic E-state index is 4.49. The first-order valence-corrected chi connectivity index (χ1v) is 6.71. The van der Waals surface area contributed by atoms with Crippen LogP contribution < -0.4 is 5.32 Å². The van der Waals surface area contributed by atoms with E-state index in [1.807, 2.05) is 6.20 Å². The molecule has 94 valence electrons. The SMILES string of the molecule is CCCNc1ccc([C@@H]2CCCCN2C)cn1. The van der Waals surface area contributed by atoms with Gasteiger partial charge < -0.3 is 5.32 Å². The lowest BCUT2D eigenvalue weighted by Crippen LogP contribution is -2.29. The van der Waals surface area contributed by atoms with Gasteiger partial charge in [0.2, 0.25) is 0 Å². The molecule has 1 fully saturated rings. The van der Waals surface area contributed by atoms with Gasteiger partial charge >= 0.3 is 0 Å². The molecule has 1 N–H and O–H groups in total. The molecular weight excluding hydrogens is 210 g/mol. The second-order valence-corrected chi connectivity index (χ2v) is 4.90. The summed E-state index contributed by atoms with van der Waals surface area (Å²) in [4.78, 5) is 6.93. The summed E-state index contributed by atoms with van der Waals surface area (Å²) < 4.78 is 0. The van der Waals surface area contributed by atoms with Gasteiger partial charge in [-0.3, -0.25) is 4.90 Å². The van der Waals surface area contributed by atoms with Crippen molar-refractivity contribution in [3.8, 4) is 0 Å². The highest BCUT2D eigenvalue weighted by Gasteiger charge is 2.20. The first-order chi connectivity index (χ1) is 8.31. The molecule has 3 nitrogen and oxygen atoms in total. The van der Waals surface area contributed by atoms with Crippen LogP contribution >= 0.6 is 0 Å². The number of likely N-dealkylation sites (tertiary alicyclic amines) is 1. The van der Waals surface area contributed by atoms with Crippen LogP contribution in [0.4, 0.5) is 5.82 Å². The van der Waals surface area contributed by atoms with Crippen molar-refractivity contribution in [2.45, 2.75) is 38.6 Å². The summed E-state index contributed by atoms with van der Waals surface area (Å²) in [6.45, 7) is 4.37. The van der Waals surface area contributed by atoms with Gasteiger partial charge in [0.05, 0.1) is 0 Å². The smallest absolute Gasteiger partial charge is 0.125 e. The van der Waals surface area contributed by atoms with E-state index in [0.29, 0.717) is 6.04 Å². The summed E-state index contributed by atoms with van der Waals surface area (Å²) in [7, 11) is 2.22. The van der Waals surface area contributed by atoms with Crippen LogP contribution in [0.1, 0.15) is 44.2 Å². The van der Waals surface area contributed by atoms with Crippen molar-refractivity contribution in [1.29, 1.82) is 0 Å². The van der Waals surface area contributed by atoms with E-state index in [4.69, 9.17) is 0 Å². The van der Waals surface area contributed by atoms with E-state index >= 15 is 0 Å². The van der Waals surface area contributed by atoms with Crippen molar-refractivity contribution < 1.29 is 0 Å². The predicted octanol–water partition coefficient (Wildman–Crippen LogP) is 3.06. The number of nitrogens with zero attached hydrogens (tertiary/aromatic N) is 2. The molecule has 0 unspecified atom stereocenters. The summed E-state index contributed by atoms with van der Waals surface area (Å²) >= 11 is 0. The molecule has 0 bridgehead atoms. The number of hydrogen-bond acceptors (Lipinski definition) is 3. The topological polar surface area (TPSA) is 28.2 Å². The van der Waals surface area contributed by atoms with Crippen LogP contribution in [0.3, 0.4) is 0 Å². The lowest BCUT2D eigenvalue weighted by molar-refractivity contribution is 0.187. The molecule has 1 aromatic rings. The van der Waals surface area contributed by atoms with Gasteiger partial charge in [0.25, 0.3) is 0 Å². The Balaban J connectivity index is 2.01. The third kappa shape index (κ3) is 3.19. The van der Waals surface area contributed by atoms with Gasteiger partial charge in [-0.15, -0.1) is 0 Å². The highest BCUT2D eigenvalue weighted by molar-refractivity contribution is 5.36. The Morgan fingerprint density at radius 3 is 2.94 bits per heavy atom. The van der Waals surface area contributed by atoms with Crippen LogP contribution in [0.2, 0.25) is 0 Å². The molecule has 1 aliphatic rings. The normalized spacial score (nSPS) is 21.4. The van der Waals surface area contributed by atoms with Crippen molar-refractivity contribution >= 4 is 5.82 Å². The van der Waals surface area contributed by atoms with E-state index in [1.54, 1.807) is 0 Å². The van der Waals surface area contributed by atoms with Gasteiger partial charge in [0, 0.05) is 18.8 Å². The molecule has 1 saturated heterocycles. The fraction of sp³-hybridized carbons (Fsp3) is 0.643. The fourth-order valence-corrected chi connectivity index (χ4v) is 2.46. The van der Waals surface area contributed by atoms with E-state index in [1.165, 1.54) is 31.4 Å². The van der Waals surface area contributed by atoms with E-state index in [9.17, 15) is 0 Å². The van der Waals surface area contributed by atoms with Gasteiger partial charge in [0.15, 0.2) is 0 Å². The standard InChI is InChI=1S/C14H23N3/c1-3-9-15-14-8-7-12(11-16-14)13-6-4-5-10-17(13)2/h7-8,11,13H,3-6,9-10H2,1-2H3,(H,15,16)/t13-/m0/s1. The Hall–Kier alpha value is -1.09. The number of pyridine rings is 1. The van der Waals surface area contributed by atoms with Crippen LogP contribution in [0, 0.1) is 0 Å². The quantitative estimate of drug-likeness (QED) is 0.866. The Morgan fingerprint density at radius 1 is 1.41 bits per heavy atom. The first-order valence-electron chi connectivity index (χ1n) is 6.71. The average Bonchev–Trinajstić information content (AvgIpc) is 2.38. The molecule has 2 rings (SSSR count). The number of aromatic nitrogens is 1. The first kappa shape index (κ1) is 12.4. The molecule has 0 aliphatic carbocycles. The summed E-state index contributed by atoms with van der Waals surface area (Å²) in [5.41, 5.74) is 1.36. The van der Waals surface area contributed by atoms with E-state index in [0.717, 1.165) is 18.8 Å². The highest BCUT2D eigenvalue weighted by atomic mass is 15.1. The van der Waals surface area contributed by atoms with E-state index in [-0.39, 0.29) is 0 Å². The van der Waals surface area contributed by atoms with Crippen LogP contribution in [0.15, 0.2) is 18.3 Å². The second kappa shape index (κ2) is 6.01. The van der Waals surface area contributed by atoms with Crippen LogP contribution in [-0.4, -0.2) is 30.0 Å². The third-order valence-corrected chi connectivity index (χ3v) is 3.50. The minimum atomic E-state index is 0.566. The number of nitrogens with one attached hydrogen (secondary N) is 1. The molecule has 0 saturated carbocycles. The molecule has 3 heteroatoms. The number of rotatable bonds is 4. The fourth-order valence-electron chi connectivity index (χ4n) is 2.46. The van der Waals surface area contributed by atoms with Crippen molar-refractivity contribution in [3.63, 3.8) is 0 Å². The molecule has 0 spiro atoms. The van der Waals surface area contributed by atoms with Gasteiger partial charge in [-0.05, 0) is 44.5 Å². The molecule has 17 heavy (non-hydrogen) atoms. The largest absolute Gasteiger partial charge is 0.370 e. The second-order valence-electron chi connectivity index (χ2n) is 4.90. The van der Waals surface area contributed by atoms with Crippen LogP contribution in [0.5, 0.6) is 0 Å². The molecule has 0 aromatic carbocycles. The van der Waals surface area contributed by atoms with Gasteiger partial charge in [0.1, 0.15) is 5.82 Å². The summed E-state index contributed by atoms with van der Waals surface area (Å²) in [6, 6.07) is 4.89. The van der Waals surface area contributed by atoms with Crippen molar-refractivity contribution in [1.82, 2.24) is 9.88 Å². The zero-order chi connectivity index (χ0) is 12.1. The summed E-state index contributed by atoms with van der Waals surface area (Å²) in [6.07, 6.45) is 7.10. The van der Waals surface area contributed by atoms with Crippen molar-refractivity contribution in [3.05, 3.63) is 23.9 Å². The predicted molar refractivity (Wildman–Crippen MR) is 72.2 cm³/mol. The molecule has 1 aliphatic heterocycles. The maximum Gasteiger partial charge on any atom is 0.125 e. The molecular formula is C14H23N3. The molecule has 0 radical (unpaired) electrons. The molecule has 1 atom stereocenters. The van der Waals surface area contributed by atoms with Crippen LogP contribution in [0.25, 0.3) is 0 Å². The zero-order valence-corrected chi connectivity index (χ0v) is 10.9. The number of anilines is 1. The summed E-state index contributed by atoms with van der Waals surface area (Å²) in [5, 5.41) is 3.31. The third-order valence-electron chi connectivity index (χ3n) is 3.50. The van der Waals surface area contributed by atoms with Gasteiger partial charge in [-0.2, -0.15) is 0 Å². The van der Waals surface area contributed by atoms with Crippen molar-refractivity contribution in [2.75, 3.05) is 25.5 Å². The summed E-state index contributed by atoms with van der Waals surface area (Å²) in [5.74, 6) is 0.995. The average molecular weight is 233 g/mol. The minimum Gasteiger partial charge on any atom is -0.370 e. The Labute approximate surface area is 104 Å². The minimum absolute atomic E-state index is 0.566. The zero-order valence-electron chi connectivity index (χ0n) is 10.9. The Kier molecular flexibility index (Phi) is 4.37. The maximum atomic E-state index is 4.49. The molecule has 0 amide bonds. The van der Waals surface area contributed by atoms with Crippen LogP contribution in [-0.2, 0) is 0 Å². The van der Waals surface area contributed by atoms with E-state index in [2.05, 4.69) is 41.3 Å². The lowest BCUT2D eigenvalue weighted by atomic mass is 9.97. The molecule has 1 aromatic heterocycles. The number of piperidine rings is 1. The van der Waals surface area contributed by atoms with Crippen molar-refractivity contribution in [2.24, 2.45) is 0 Å². The highest BCUT2D eigenvalue weighted by Crippen LogP contribution is 2.29. The molecule has 2 heterocycles.